The Morgan fingerprint density at radius 2 is 1.58 bits per heavy atom. The van der Waals surface area contributed by atoms with Crippen molar-refractivity contribution in [2.24, 2.45) is 5.92 Å². The normalized spacial score (nSPS) is 13.5. The summed E-state index contributed by atoms with van der Waals surface area (Å²) in [4.78, 5) is 2.44. The van der Waals surface area contributed by atoms with Crippen molar-refractivity contribution in [1.82, 2.24) is 10.2 Å². The van der Waals surface area contributed by atoms with Gasteiger partial charge in [-0.25, -0.2) is 0 Å². The van der Waals surface area contributed by atoms with Crippen LogP contribution in [0.25, 0.3) is 0 Å². The standard InChI is InChI=1S/C17H30N2/c1-13(2)15(5)19(6)12-17-10-8-7-9-16(17)11-18-14(3)4/h7-10,13-15,18H,11-12H2,1-6H3. The minimum absolute atomic E-state index is 0.528. The van der Waals surface area contributed by atoms with E-state index in [-0.39, 0.29) is 0 Å². The van der Waals surface area contributed by atoms with Gasteiger partial charge >= 0.3 is 0 Å². The minimum Gasteiger partial charge on any atom is -0.310 e. The Hall–Kier alpha value is -0.860. The third-order valence-electron chi connectivity index (χ3n) is 3.90. The molecule has 1 aromatic carbocycles. The van der Waals surface area contributed by atoms with Crippen LogP contribution < -0.4 is 5.32 Å². The molecule has 0 radical (unpaired) electrons. The molecule has 1 aromatic rings. The summed E-state index contributed by atoms with van der Waals surface area (Å²) in [6, 6.07) is 9.89. The summed E-state index contributed by atoms with van der Waals surface area (Å²) in [7, 11) is 2.22. The molecule has 1 atom stereocenters. The van der Waals surface area contributed by atoms with Gasteiger partial charge in [-0.05, 0) is 31.0 Å². The Bertz CT molecular complexity index is 371. The van der Waals surface area contributed by atoms with E-state index in [2.05, 4.69) is 76.1 Å². The average Bonchev–Trinajstić information content (AvgIpc) is 2.36. The van der Waals surface area contributed by atoms with E-state index in [4.69, 9.17) is 0 Å². The largest absolute Gasteiger partial charge is 0.310 e. The first-order valence-corrected chi connectivity index (χ1v) is 7.42. The summed E-state index contributed by atoms with van der Waals surface area (Å²) in [6.45, 7) is 13.2. The number of nitrogens with one attached hydrogen (secondary N) is 1. The van der Waals surface area contributed by atoms with E-state index in [0.717, 1.165) is 13.1 Å². The van der Waals surface area contributed by atoms with Gasteiger partial charge in [-0.2, -0.15) is 0 Å². The molecule has 1 rings (SSSR count). The van der Waals surface area contributed by atoms with Crippen LogP contribution in [0.3, 0.4) is 0 Å². The first-order valence-electron chi connectivity index (χ1n) is 7.42. The zero-order valence-electron chi connectivity index (χ0n) is 13.4. The summed E-state index contributed by atoms with van der Waals surface area (Å²) in [6.07, 6.45) is 0. The molecule has 2 heteroatoms. The van der Waals surface area contributed by atoms with Crippen LogP contribution in [-0.4, -0.2) is 24.0 Å². The molecule has 0 aromatic heterocycles. The van der Waals surface area contributed by atoms with Gasteiger partial charge in [-0.3, -0.25) is 4.90 Å². The maximum atomic E-state index is 3.51. The molecule has 0 fully saturated rings. The molecular weight excluding hydrogens is 232 g/mol. The van der Waals surface area contributed by atoms with Gasteiger partial charge in [-0.1, -0.05) is 52.0 Å². The molecular formula is C17H30N2. The van der Waals surface area contributed by atoms with Crippen LogP contribution in [0.2, 0.25) is 0 Å². The zero-order chi connectivity index (χ0) is 14.4. The van der Waals surface area contributed by atoms with Gasteiger partial charge in [0, 0.05) is 25.2 Å². The van der Waals surface area contributed by atoms with Gasteiger partial charge in [-0.15, -0.1) is 0 Å². The Labute approximate surface area is 119 Å². The molecule has 19 heavy (non-hydrogen) atoms. The summed E-state index contributed by atoms with van der Waals surface area (Å²) in [5.74, 6) is 0.686. The first kappa shape index (κ1) is 16.2. The molecule has 0 saturated carbocycles. The fourth-order valence-corrected chi connectivity index (χ4v) is 2.12. The van der Waals surface area contributed by atoms with E-state index >= 15 is 0 Å². The third-order valence-corrected chi connectivity index (χ3v) is 3.90. The van der Waals surface area contributed by atoms with E-state index in [1.54, 1.807) is 0 Å². The monoisotopic (exact) mass is 262 g/mol. The topological polar surface area (TPSA) is 15.3 Å². The highest BCUT2D eigenvalue weighted by molar-refractivity contribution is 5.27. The van der Waals surface area contributed by atoms with Crippen molar-refractivity contribution in [3.05, 3.63) is 35.4 Å². The molecule has 0 saturated heterocycles. The number of benzene rings is 1. The molecule has 0 amide bonds. The zero-order valence-corrected chi connectivity index (χ0v) is 13.4. The van der Waals surface area contributed by atoms with Gasteiger partial charge in [0.25, 0.3) is 0 Å². The highest BCUT2D eigenvalue weighted by atomic mass is 15.1. The summed E-state index contributed by atoms with van der Waals surface area (Å²) < 4.78 is 0. The predicted octanol–water partition coefficient (Wildman–Crippen LogP) is 3.66. The molecule has 0 bridgehead atoms. The van der Waals surface area contributed by atoms with Crippen LogP contribution >= 0.6 is 0 Å². The predicted molar refractivity (Wildman–Crippen MR) is 84.2 cm³/mol. The second-order valence-electron chi connectivity index (χ2n) is 6.20. The fourth-order valence-electron chi connectivity index (χ4n) is 2.12. The van der Waals surface area contributed by atoms with Gasteiger partial charge in [0.2, 0.25) is 0 Å². The number of nitrogens with zero attached hydrogens (tertiary/aromatic N) is 1. The Balaban J connectivity index is 2.72. The van der Waals surface area contributed by atoms with Crippen LogP contribution in [0.1, 0.15) is 45.7 Å². The summed E-state index contributed by atoms with van der Waals surface area (Å²) in [5.41, 5.74) is 2.85. The smallest absolute Gasteiger partial charge is 0.0236 e. The number of rotatable bonds is 7. The molecule has 0 heterocycles. The van der Waals surface area contributed by atoms with Gasteiger partial charge in [0.15, 0.2) is 0 Å². The van der Waals surface area contributed by atoms with Gasteiger partial charge < -0.3 is 5.32 Å². The van der Waals surface area contributed by atoms with Crippen LogP contribution in [0.5, 0.6) is 0 Å². The van der Waals surface area contributed by atoms with Crippen LogP contribution in [0, 0.1) is 5.92 Å². The third kappa shape index (κ3) is 5.33. The van der Waals surface area contributed by atoms with Gasteiger partial charge in [0.05, 0.1) is 0 Å². The van der Waals surface area contributed by atoms with Crippen molar-refractivity contribution in [3.63, 3.8) is 0 Å². The quantitative estimate of drug-likeness (QED) is 0.806. The van der Waals surface area contributed by atoms with E-state index < -0.39 is 0 Å². The van der Waals surface area contributed by atoms with E-state index in [1.807, 2.05) is 0 Å². The van der Waals surface area contributed by atoms with Crippen molar-refractivity contribution < 1.29 is 0 Å². The number of hydrogen-bond acceptors (Lipinski definition) is 2. The van der Waals surface area contributed by atoms with Crippen LogP contribution in [-0.2, 0) is 13.1 Å². The lowest BCUT2D eigenvalue weighted by Crippen LogP contribution is -2.33. The van der Waals surface area contributed by atoms with Crippen LogP contribution in [0.15, 0.2) is 24.3 Å². The molecule has 0 spiro atoms. The molecule has 0 aliphatic heterocycles. The molecule has 0 aliphatic carbocycles. The Morgan fingerprint density at radius 1 is 1.00 bits per heavy atom. The first-order chi connectivity index (χ1) is 8.91. The molecule has 0 aliphatic rings. The van der Waals surface area contributed by atoms with Crippen LogP contribution in [0.4, 0.5) is 0 Å². The van der Waals surface area contributed by atoms with E-state index in [0.29, 0.717) is 18.0 Å². The van der Waals surface area contributed by atoms with Crippen molar-refractivity contribution >= 4 is 0 Å². The molecule has 1 unspecified atom stereocenters. The SMILES string of the molecule is CC(C)NCc1ccccc1CN(C)C(C)C(C)C. The minimum atomic E-state index is 0.528. The van der Waals surface area contributed by atoms with Crippen molar-refractivity contribution in [3.8, 4) is 0 Å². The van der Waals surface area contributed by atoms with Crippen molar-refractivity contribution in [1.29, 1.82) is 0 Å². The van der Waals surface area contributed by atoms with E-state index in [9.17, 15) is 0 Å². The molecule has 108 valence electrons. The Morgan fingerprint density at radius 3 is 2.11 bits per heavy atom. The lowest BCUT2D eigenvalue weighted by atomic mass is 10.0. The highest BCUT2D eigenvalue weighted by Crippen LogP contribution is 2.15. The van der Waals surface area contributed by atoms with Gasteiger partial charge in [0.1, 0.15) is 0 Å². The summed E-state index contributed by atoms with van der Waals surface area (Å²) in [5, 5.41) is 3.51. The Kier molecular flexibility index (Phi) is 6.53. The fraction of sp³-hybridized carbons (Fsp3) is 0.647. The molecule has 1 N–H and O–H groups in total. The molecule has 2 nitrogen and oxygen atoms in total. The number of hydrogen-bond donors (Lipinski definition) is 1. The lowest BCUT2D eigenvalue weighted by Gasteiger charge is -2.28. The average molecular weight is 262 g/mol. The van der Waals surface area contributed by atoms with Crippen molar-refractivity contribution in [2.45, 2.75) is 59.8 Å². The lowest BCUT2D eigenvalue weighted by molar-refractivity contribution is 0.200. The highest BCUT2D eigenvalue weighted by Gasteiger charge is 2.14. The second kappa shape index (κ2) is 7.66. The maximum absolute atomic E-state index is 3.51. The second-order valence-corrected chi connectivity index (χ2v) is 6.20. The maximum Gasteiger partial charge on any atom is 0.0236 e. The van der Waals surface area contributed by atoms with E-state index in [1.165, 1.54) is 11.1 Å². The van der Waals surface area contributed by atoms with Crippen molar-refractivity contribution in [2.75, 3.05) is 7.05 Å². The summed E-state index contributed by atoms with van der Waals surface area (Å²) >= 11 is 0.